The Labute approximate surface area is 220 Å². The fourth-order valence-electron chi connectivity index (χ4n) is 3.24. The van der Waals surface area contributed by atoms with Gasteiger partial charge in [0.25, 0.3) is 23.4 Å². The molecule has 0 aliphatic carbocycles. The van der Waals surface area contributed by atoms with Gasteiger partial charge < -0.3 is 15.5 Å². The Morgan fingerprint density at radius 3 is 2.34 bits per heavy atom. The topological polar surface area (TPSA) is 179 Å². The third kappa shape index (κ3) is 6.69. The number of nitrogens with one attached hydrogen (secondary N) is 2. The second kappa shape index (κ2) is 12.0. The highest BCUT2D eigenvalue weighted by molar-refractivity contribution is 6.34. The molecule has 196 valence electrons. The molecule has 3 aromatic carbocycles. The zero-order valence-corrected chi connectivity index (χ0v) is 20.5. The fraction of sp³-hybridized carbons (Fsp3) is 0.120. The maximum absolute atomic E-state index is 13.3. The zero-order valence-electron chi connectivity index (χ0n) is 19.8. The van der Waals surface area contributed by atoms with Crippen molar-refractivity contribution in [3.63, 3.8) is 0 Å². The van der Waals surface area contributed by atoms with E-state index in [2.05, 4.69) is 10.7 Å². The van der Waals surface area contributed by atoms with E-state index in [1.54, 1.807) is 12.1 Å². The van der Waals surface area contributed by atoms with Crippen molar-refractivity contribution in [3.05, 3.63) is 104 Å². The van der Waals surface area contributed by atoms with E-state index in [4.69, 9.17) is 11.6 Å². The molecule has 0 saturated heterocycles. The van der Waals surface area contributed by atoms with E-state index in [1.807, 2.05) is 0 Å². The monoisotopic (exact) mass is 540 g/mol. The summed E-state index contributed by atoms with van der Waals surface area (Å²) in [7, 11) is 0. The van der Waals surface area contributed by atoms with E-state index in [0.717, 1.165) is 12.1 Å². The van der Waals surface area contributed by atoms with Gasteiger partial charge in [-0.05, 0) is 48.9 Å². The lowest BCUT2D eigenvalue weighted by Gasteiger charge is -2.24. The molecule has 0 unspecified atom stereocenters. The standard InChI is InChI=1S/C25H21ClN4O8/c1-14(25(35)36)28-29(23(33)17-5-3-6-18(11-17)30(37)38)24(34)20-9-8-16(12-21(20)26)22(32)27-13-15-4-2-7-19(31)10-15/h2-12,14,28,31H,13H2,1H3,(H,27,32)(H,35,36)/t14-/m0/s1. The van der Waals surface area contributed by atoms with Crippen molar-refractivity contribution >= 4 is 41.0 Å². The highest BCUT2D eigenvalue weighted by Gasteiger charge is 2.30. The number of non-ortho nitro benzene ring substituents is 1. The molecule has 4 N–H and O–H groups in total. The first-order chi connectivity index (χ1) is 18.0. The molecule has 0 aromatic heterocycles. The average Bonchev–Trinajstić information content (AvgIpc) is 2.89. The smallest absolute Gasteiger partial charge is 0.322 e. The number of nitrogens with zero attached hydrogens (tertiary/aromatic N) is 2. The van der Waals surface area contributed by atoms with E-state index in [9.17, 15) is 39.5 Å². The predicted octanol–water partition coefficient (Wildman–Crippen LogP) is 3.14. The summed E-state index contributed by atoms with van der Waals surface area (Å²) >= 11 is 6.26. The third-order valence-electron chi connectivity index (χ3n) is 5.23. The Morgan fingerprint density at radius 2 is 1.71 bits per heavy atom. The summed E-state index contributed by atoms with van der Waals surface area (Å²) < 4.78 is 0. The minimum Gasteiger partial charge on any atom is -0.508 e. The second-order valence-electron chi connectivity index (χ2n) is 7.99. The second-order valence-corrected chi connectivity index (χ2v) is 8.40. The largest absolute Gasteiger partial charge is 0.508 e. The van der Waals surface area contributed by atoms with Crippen LogP contribution >= 0.6 is 11.6 Å². The van der Waals surface area contributed by atoms with E-state index in [1.165, 1.54) is 49.4 Å². The maximum atomic E-state index is 13.3. The molecule has 12 nitrogen and oxygen atoms in total. The number of nitro benzene ring substituents is 1. The van der Waals surface area contributed by atoms with Crippen molar-refractivity contribution in [2.75, 3.05) is 0 Å². The number of amides is 3. The van der Waals surface area contributed by atoms with Crippen LogP contribution in [0.4, 0.5) is 5.69 Å². The number of carbonyl (C=O) groups excluding carboxylic acids is 3. The van der Waals surface area contributed by atoms with Gasteiger partial charge in [-0.15, -0.1) is 0 Å². The number of benzene rings is 3. The number of phenols is 1. The summed E-state index contributed by atoms with van der Waals surface area (Å²) in [4.78, 5) is 60.7. The molecule has 0 heterocycles. The lowest BCUT2D eigenvalue weighted by molar-refractivity contribution is -0.384. The van der Waals surface area contributed by atoms with Crippen LogP contribution in [0.3, 0.4) is 0 Å². The summed E-state index contributed by atoms with van der Waals surface area (Å²) in [6, 6.07) is 13.1. The Morgan fingerprint density at radius 1 is 1.00 bits per heavy atom. The van der Waals surface area contributed by atoms with Crippen LogP contribution in [-0.2, 0) is 11.3 Å². The van der Waals surface area contributed by atoms with Gasteiger partial charge in [0.15, 0.2) is 0 Å². The highest BCUT2D eigenvalue weighted by atomic mass is 35.5. The Hall–Kier alpha value is -4.81. The number of imide groups is 1. The van der Waals surface area contributed by atoms with Gasteiger partial charge in [-0.2, -0.15) is 0 Å². The predicted molar refractivity (Wildman–Crippen MR) is 135 cm³/mol. The van der Waals surface area contributed by atoms with Gasteiger partial charge >= 0.3 is 5.97 Å². The van der Waals surface area contributed by atoms with Crippen LogP contribution in [0.5, 0.6) is 5.75 Å². The molecule has 3 aromatic rings. The molecule has 13 heteroatoms. The minimum atomic E-state index is -1.40. The highest BCUT2D eigenvalue weighted by Crippen LogP contribution is 2.22. The number of phenolic OH excluding ortho intramolecular Hbond substituents is 1. The van der Waals surface area contributed by atoms with Crippen LogP contribution in [0.25, 0.3) is 0 Å². The minimum absolute atomic E-state index is 0.0395. The normalized spacial score (nSPS) is 11.3. The fourth-order valence-corrected chi connectivity index (χ4v) is 3.50. The average molecular weight is 541 g/mol. The first kappa shape index (κ1) is 27.8. The number of carbonyl (C=O) groups is 4. The number of carboxylic acid groups (broad SMARTS) is 1. The van der Waals surface area contributed by atoms with Gasteiger partial charge in [-0.25, -0.2) is 10.4 Å². The number of aromatic hydroxyl groups is 1. The molecule has 0 saturated carbocycles. The summed E-state index contributed by atoms with van der Waals surface area (Å²) in [6.45, 7) is 1.29. The van der Waals surface area contributed by atoms with Gasteiger partial charge in [0.05, 0.1) is 15.5 Å². The van der Waals surface area contributed by atoms with E-state index >= 15 is 0 Å². The van der Waals surface area contributed by atoms with Crippen LogP contribution in [0.15, 0.2) is 66.7 Å². The molecule has 0 radical (unpaired) electrons. The lowest BCUT2D eigenvalue weighted by atomic mass is 10.1. The molecule has 0 aliphatic heterocycles. The number of halogens is 1. The molecule has 3 amide bonds. The van der Waals surface area contributed by atoms with Crippen molar-refractivity contribution in [2.45, 2.75) is 19.5 Å². The van der Waals surface area contributed by atoms with Crippen molar-refractivity contribution in [1.29, 1.82) is 0 Å². The van der Waals surface area contributed by atoms with Crippen LogP contribution in [-0.4, -0.2) is 49.9 Å². The number of rotatable bonds is 9. The molecule has 0 bridgehead atoms. The zero-order chi connectivity index (χ0) is 28.0. The lowest BCUT2D eigenvalue weighted by Crippen LogP contribution is -2.53. The number of hydrazine groups is 1. The van der Waals surface area contributed by atoms with E-state index < -0.39 is 40.3 Å². The Bertz CT molecular complexity index is 1430. The Kier molecular flexibility index (Phi) is 8.73. The summed E-state index contributed by atoms with van der Waals surface area (Å²) in [6.07, 6.45) is 0. The van der Waals surface area contributed by atoms with Crippen molar-refractivity contribution in [2.24, 2.45) is 0 Å². The number of nitro groups is 1. The van der Waals surface area contributed by atoms with E-state index in [0.29, 0.717) is 10.6 Å². The van der Waals surface area contributed by atoms with Crippen molar-refractivity contribution < 1.29 is 34.3 Å². The SMILES string of the molecule is C[C@H](NN(C(=O)c1cccc([N+](=O)[O-])c1)C(=O)c1ccc(C(=O)NCc2cccc(O)c2)cc1Cl)C(=O)O. The summed E-state index contributed by atoms with van der Waals surface area (Å²) in [5.41, 5.74) is 2.11. The molecule has 38 heavy (non-hydrogen) atoms. The van der Waals surface area contributed by atoms with Crippen molar-refractivity contribution in [1.82, 2.24) is 15.8 Å². The number of hydrogen-bond donors (Lipinski definition) is 4. The van der Waals surface area contributed by atoms with E-state index in [-0.39, 0.29) is 34.0 Å². The molecular formula is C25H21ClN4O8. The van der Waals surface area contributed by atoms with Gasteiger partial charge in [0, 0.05) is 29.8 Å². The molecule has 0 aliphatic rings. The van der Waals surface area contributed by atoms with Crippen molar-refractivity contribution in [3.8, 4) is 5.75 Å². The van der Waals surface area contributed by atoms with Crippen LogP contribution in [0.2, 0.25) is 5.02 Å². The van der Waals surface area contributed by atoms with Gasteiger partial charge in [0.2, 0.25) is 0 Å². The van der Waals surface area contributed by atoms with Gasteiger partial charge in [0.1, 0.15) is 11.8 Å². The third-order valence-corrected chi connectivity index (χ3v) is 5.54. The maximum Gasteiger partial charge on any atom is 0.322 e. The molecule has 3 rings (SSSR count). The Balaban J connectivity index is 1.86. The first-order valence-corrected chi connectivity index (χ1v) is 11.3. The molecule has 0 fully saturated rings. The quantitative estimate of drug-likeness (QED) is 0.180. The van der Waals surface area contributed by atoms with Gasteiger partial charge in [-0.3, -0.25) is 29.3 Å². The number of hydrogen-bond acceptors (Lipinski definition) is 8. The van der Waals surface area contributed by atoms with Crippen LogP contribution in [0, 0.1) is 10.1 Å². The van der Waals surface area contributed by atoms with Crippen LogP contribution < -0.4 is 10.7 Å². The summed E-state index contributed by atoms with van der Waals surface area (Å²) in [5.74, 6) is -3.98. The molecule has 1 atom stereocenters. The van der Waals surface area contributed by atoms with Crippen LogP contribution in [0.1, 0.15) is 43.6 Å². The number of carboxylic acids is 1. The summed E-state index contributed by atoms with van der Waals surface area (Å²) in [5, 5.41) is 32.7. The molecule has 0 spiro atoms. The number of aliphatic carboxylic acids is 1. The molecular weight excluding hydrogens is 520 g/mol. The first-order valence-electron chi connectivity index (χ1n) is 11.0. The van der Waals surface area contributed by atoms with Gasteiger partial charge in [-0.1, -0.05) is 29.8 Å².